The summed E-state index contributed by atoms with van der Waals surface area (Å²) in [6, 6.07) is 0. The van der Waals surface area contributed by atoms with Crippen LogP contribution in [0.4, 0.5) is 0 Å². The molecule has 1 fully saturated rings. The van der Waals surface area contributed by atoms with Gasteiger partial charge in [0.05, 0.1) is 16.4 Å². The van der Waals surface area contributed by atoms with E-state index in [0.29, 0.717) is 0 Å². The molecule has 0 heterocycles. The zero-order valence-electron chi connectivity index (χ0n) is 13.4. The second-order valence-electron chi connectivity index (χ2n) is 7.03. The van der Waals surface area contributed by atoms with Crippen LogP contribution >= 0.6 is 12.4 Å². The van der Waals surface area contributed by atoms with Crippen LogP contribution in [-0.4, -0.2) is 36.9 Å². The Balaban J connectivity index is 0.00000400. The second-order valence-corrected chi connectivity index (χ2v) is 9.89. The monoisotopic (exact) mass is 340 g/mol. The van der Waals surface area contributed by atoms with Crippen molar-refractivity contribution in [2.45, 2.75) is 63.7 Å². The summed E-state index contributed by atoms with van der Waals surface area (Å²) < 4.78 is 23.1. The van der Waals surface area contributed by atoms with Gasteiger partial charge in [0, 0.05) is 12.1 Å². The quantitative estimate of drug-likeness (QED) is 0.814. The Morgan fingerprint density at radius 3 is 2.38 bits per heavy atom. The lowest BCUT2D eigenvalue weighted by atomic mass is 9.74. The molecule has 1 aliphatic rings. The summed E-state index contributed by atoms with van der Waals surface area (Å²) >= 11 is 0. The van der Waals surface area contributed by atoms with Crippen molar-refractivity contribution in [3.8, 4) is 0 Å². The molecule has 3 N–H and O–H groups in total. The number of hydrogen-bond acceptors (Lipinski definition) is 4. The van der Waals surface area contributed by atoms with Gasteiger partial charge in [0.2, 0.25) is 5.91 Å². The second kappa shape index (κ2) is 7.29. The van der Waals surface area contributed by atoms with E-state index in [-0.39, 0.29) is 36.5 Å². The summed E-state index contributed by atoms with van der Waals surface area (Å²) in [6.45, 7) is 7.07. The number of rotatable bonds is 4. The molecule has 0 aromatic heterocycles. The van der Waals surface area contributed by atoms with Crippen LogP contribution in [0.2, 0.25) is 0 Å². The van der Waals surface area contributed by atoms with Crippen molar-refractivity contribution in [2.24, 2.45) is 11.7 Å². The Labute approximate surface area is 134 Å². The molecule has 0 bridgehead atoms. The fraction of sp³-hybridized carbons (Fsp3) is 0.929. The van der Waals surface area contributed by atoms with E-state index in [9.17, 15) is 13.2 Å². The molecule has 0 aromatic carbocycles. The van der Waals surface area contributed by atoms with Gasteiger partial charge < -0.3 is 11.1 Å². The zero-order valence-corrected chi connectivity index (χ0v) is 15.1. The minimum absolute atomic E-state index is 0. The summed E-state index contributed by atoms with van der Waals surface area (Å²) in [5, 5.41) is 2.74. The third-order valence-electron chi connectivity index (χ3n) is 4.17. The first-order valence-corrected chi connectivity index (χ1v) is 8.91. The van der Waals surface area contributed by atoms with E-state index in [1.807, 2.05) is 6.92 Å². The van der Waals surface area contributed by atoms with Crippen LogP contribution < -0.4 is 11.1 Å². The lowest BCUT2D eigenvalue weighted by Gasteiger charge is -2.37. The average molecular weight is 341 g/mol. The maximum absolute atomic E-state index is 12.2. The Morgan fingerprint density at radius 1 is 1.33 bits per heavy atom. The summed E-state index contributed by atoms with van der Waals surface area (Å²) in [4.78, 5) is 12.2. The lowest BCUT2D eigenvalue weighted by molar-refractivity contribution is -0.127. The van der Waals surface area contributed by atoms with Crippen molar-refractivity contribution in [1.82, 2.24) is 5.32 Å². The van der Waals surface area contributed by atoms with E-state index in [1.165, 1.54) is 0 Å². The fourth-order valence-electron chi connectivity index (χ4n) is 2.53. The Morgan fingerprint density at radius 2 is 1.90 bits per heavy atom. The van der Waals surface area contributed by atoms with E-state index >= 15 is 0 Å². The largest absolute Gasteiger partial charge is 0.355 e. The van der Waals surface area contributed by atoms with E-state index < -0.39 is 20.1 Å². The fourth-order valence-corrected chi connectivity index (χ4v) is 3.51. The molecule has 1 saturated carbocycles. The number of halogens is 1. The van der Waals surface area contributed by atoms with Crippen molar-refractivity contribution in [2.75, 3.05) is 12.3 Å². The summed E-state index contributed by atoms with van der Waals surface area (Å²) in [5.74, 6) is -0.358. The van der Waals surface area contributed by atoms with E-state index in [2.05, 4.69) is 5.32 Å². The maximum Gasteiger partial charge on any atom is 0.224 e. The van der Waals surface area contributed by atoms with Gasteiger partial charge in [0.1, 0.15) is 0 Å². The maximum atomic E-state index is 12.2. The Hall–Kier alpha value is -0.330. The zero-order chi connectivity index (χ0) is 15.6. The first kappa shape index (κ1) is 20.7. The van der Waals surface area contributed by atoms with Crippen molar-refractivity contribution in [1.29, 1.82) is 0 Å². The molecular formula is C14H29ClN2O3S. The molecule has 7 heteroatoms. The van der Waals surface area contributed by atoms with Gasteiger partial charge in [0.25, 0.3) is 0 Å². The molecule has 2 atom stereocenters. The Bertz CT molecular complexity index is 455. The van der Waals surface area contributed by atoms with E-state index in [4.69, 9.17) is 5.73 Å². The van der Waals surface area contributed by atoms with Crippen LogP contribution in [0.25, 0.3) is 0 Å². The Kier molecular flexibility index (Phi) is 7.17. The smallest absolute Gasteiger partial charge is 0.224 e. The first-order chi connectivity index (χ1) is 8.97. The molecule has 21 heavy (non-hydrogen) atoms. The first-order valence-electron chi connectivity index (χ1n) is 7.26. The highest BCUT2D eigenvalue weighted by Gasteiger charge is 2.37. The number of amides is 1. The third kappa shape index (κ3) is 5.42. The molecule has 5 nitrogen and oxygen atoms in total. The van der Waals surface area contributed by atoms with Gasteiger partial charge in [0.15, 0.2) is 9.84 Å². The number of carbonyl (C=O) groups is 1. The van der Waals surface area contributed by atoms with Crippen LogP contribution in [-0.2, 0) is 14.6 Å². The van der Waals surface area contributed by atoms with E-state index in [0.717, 1.165) is 25.7 Å². The summed E-state index contributed by atoms with van der Waals surface area (Å²) in [6.07, 6.45) is 3.68. The van der Waals surface area contributed by atoms with Gasteiger partial charge in [-0.2, -0.15) is 0 Å². The molecule has 0 aliphatic heterocycles. The highest BCUT2D eigenvalue weighted by Crippen LogP contribution is 2.31. The number of nitrogens with two attached hydrogens (primary N) is 1. The topological polar surface area (TPSA) is 89.3 Å². The van der Waals surface area contributed by atoms with Gasteiger partial charge in [-0.1, -0.05) is 12.8 Å². The predicted molar refractivity (Wildman–Crippen MR) is 88.3 cm³/mol. The summed E-state index contributed by atoms with van der Waals surface area (Å²) in [7, 11) is -3.20. The van der Waals surface area contributed by atoms with Crippen molar-refractivity contribution in [3.63, 3.8) is 0 Å². The standard InChI is InChI=1S/C14H28N2O3S.ClH/c1-13(2,3)20(18,19)10-9-16-12(17)11-7-5-6-8-14(11,4)15;/h11H,5-10,15H2,1-4H3,(H,16,17);1H. The van der Waals surface area contributed by atoms with Crippen LogP contribution in [0.3, 0.4) is 0 Å². The van der Waals surface area contributed by atoms with E-state index in [1.54, 1.807) is 20.8 Å². The van der Waals surface area contributed by atoms with Crippen molar-refractivity contribution in [3.05, 3.63) is 0 Å². The third-order valence-corrected chi connectivity index (χ3v) is 6.78. The summed E-state index contributed by atoms with van der Waals surface area (Å²) in [5.41, 5.74) is 5.69. The molecular weight excluding hydrogens is 312 g/mol. The highest BCUT2D eigenvalue weighted by atomic mass is 35.5. The van der Waals surface area contributed by atoms with Crippen LogP contribution in [0.15, 0.2) is 0 Å². The molecule has 1 amide bonds. The number of carbonyl (C=O) groups excluding carboxylic acids is 1. The molecule has 0 radical (unpaired) electrons. The number of sulfone groups is 1. The van der Waals surface area contributed by atoms with Gasteiger partial charge >= 0.3 is 0 Å². The molecule has 0 saturated heterocycles. The molecule has 0 spiro atoms. The van der Waals surface area contributed by atoms with Crippen LogP contribution in [0.1, 0.15) is 53.4 Å². The minimum Gasteiger partial charge on any atom is -0.355 e. The molecule has 126 valence electrons. The molecule has 2 unspecified atom stereocenters. The number of hydrogen-bond donors (Lipinski definition) is 2. The minimum atomic E-state index is -3.20. The van der Waals surface area contributed by atoms with Crippen molar-refractivity contribution < 1.29 is 13.2 Å². The van der Waals surface area contributed by atoms with Crippen LogP contribution in [0.5, 0.6) is 0 Å². The van der Waals surface area contributed by atoms with Crippen LogP contribution in [0, 0.1) is 5.92 Å². The van der Waals surface area contributed by atoms with Gasteiger partial charge in [-0.3, -0.25) is 4.79 Å². The predicted octanol–water partition coefficient (Wildman–Crippen LogP) is 1.65. The average Bonchev–Trinajstić information content (AvgIpc) is 2.26. The molecule has 1 rings (SSSR count). The SMILES string of the molecule is CC1(N)CCCCC1C(=O)NCCS(=O)(=O)C(C)(C)C.Cl. The van der Waals surface area contributed by atoms with Gasteiger partial charge in [-0.05, 0) is 40.5 Å². The number of nitrogens with one attached hydrogen (secondary N) is 1. The normalized spacial score (nSPS) is 26.8. The van der Waals surface area contributed by atoms with Gasteiger partial charge in [-0.25, -0.2) is 8.42 Å². The van der Waals surface area contributed by atoms with Gasteiger partial charge in [-0.15, -0.1) is 12.4 Å². The lowest BCUT2D eigenvalue weighted by Crippen LogP contribution is -2.53. The molecule has 1 aliphatic carbocycles. The molecule has 0 aromatic rings. The van der Waals surface area contributed by atoms with Crippen molar-refractivity contribution >= 4 is 28.2 Å². The highest BCUT2D eigenvalue weighted by molar-refractivity contribution is 7.92.